The maximum absolute atomic E-state index is 12.6. The van der Waals surface area contributed by atoms with Crippen LogP contribution in [0.2, 0.25) is 0 Å². The summed E-state index contributed by atoms with van der Waals surface area (Å²) in [5, 5.41) is 2.44. The number of nitrogens with one attached hydrogen (secondary N) is 1. The molecule has 1 amide bonds. The van der Waals surface area contributed by atoms with Gasteiger partial charge in [0.2, 0.25) is 0 Å². The Hall–Kier alpha value is -2.57. The second kappa shape index (κ2) is 8.88. The minimum Gasteiger partial charge on any atom is -0.497 e. The van der Waals surface area contributed by atoms with Crippen LogP contribution in [-0.4, -0.2) is 42.2 Å². The van der Waals surface area contributed by atoms with Crippen LogP contribution in [0.1, 0.15) is 58.3 Å². The summed E-state index contributed by atoms with van der Waals surface area (Å²) in [7, 11) is 1.53. The highest BCUT2D eigenvalue weighted by Crippen LogP contribution is 2.16. The zero-order chi connectivity index (χ0) is 20.8. The molecular formula is C20H29NO6. The van der Waals surface area contributed by atoms with Crippen LogP contribution in [0.3, 0.4) is 0 Å². The van der Waals surface area contributed by atoms with Gasteiger partial charge in [0.1, 0.15) is 23.0 Å². The van der Waals surface area contributed by atoms with Gasteiger partial charge in [0, 0.05) is 12.0 Å². The summed E-state index contributed by atoms with van der Waals surface area (Å²) in [6.45, 7) is 10.2. The predicted octanol–water partition coefficient (Wildman–Crippen LogP) is 3.50. The van der Waals surface area contributed by atoms with E-state index >= 15 is 0 Å². The Morgan fingerprint density at radius 1 is 0.926 bits per heavy atom. The van der Waals surface area contributed by atoms with Crippen LogP contribution < -0.4 is 10.1 Å². The number of hydrogen-bond donors (Lipinski definition) is 1. The van der Waals surface area contributed by atoms with E-state index in [-0.39, 0.29) is 12.2 Å². The molecule has 0 saturated carbocycles. The predicted molar refractivity (Wildman–Crippen MR) is 101 cm³/mol. The van der Waals surface area contributed by atoms with Crippen molar-refractivity contribution in [2.24, 2.45) is 0 Å². The third kappa shape index (κ3) is 8.57. The highest BCUT2D eigenvalue weighted by Gasteiger charge is 2.30. The van der Waals surface area contributed by atoms with Crippen LogP contribution in [0.25, 0.3) is 0 Å². The monoisotopic (exact) mass is 379 g/mol. The minimum atomic E-state index is -1.16. The number of benzene rings is 1. The molecule has 7 heteroatoms. The fraction of sp³-hybridized carbons (Fsp3) is 0.550. The van der Waals surface area contributed by atoms with Gasteiger partial charge in [0.15, 0.2) is 5.78 Å². The molecule has 1 aromatic carbocycles. The molecule has 0 fully saturated rings. The SMILES string of the molecule is COc1ccc(C(=O)C[C@H](NC(=O)OC(C)(C)C)C(=O)OC(C)(C)C)cc1. The van der Waals surface area contributed by atoms with Crippen molar-refractivity contribution >= 4 is 17.8 Å². The van der Waals surface area contributed by atoms with Gasteiger partial charge < -0.3 is 19.5 Å². The van der Waals surface area contributed by atoms with E-state index in [0.29, 0.717) is 11.3 Å². The van der Waals surface area contributed by atoms with E-state index in [0.717, 1.165) is 0 Å². The molecule has 7 nitrogen and oxygen atoms in total. The molecule has 0 saturated heterocycles. The lowest BCUT2D eigenvalue weighted by Gasteiger charge is -2.26. The van der Waals surface area contributed by atoms with Crippen LogP contribution in [-0.2, 0) is 14.3 Å². The Kier molecular flexibility index (Phi) is 7.39. The summed E-state index contributed by atoms with van der Waals surface area (Å²) in [4.78, 5) is 37.1. The van der Waals surface area contributed by atoms with E-state index in [9.17, 15) is 14.4 Å². The molecule has 0 bridgehead atoms. The number of carbonyl (C=O) groups is 3. The van der Waals surface area contributed by atoms with Gasteiger partial charge in [0.05, 0.1) is 7.11 Å². The molecule has 0 spiro atoms. The zero-order valence-corrected chi connectivity index (χ0v) is 17.0. The number of alkyl carbamates (subject to hydrolysis) is 1. The fourth-order valence-electron chi connectivity index (χ4n) is 2.10. The number of carbonyl (C=O) groups excluding carboxylic acids is 3. The Labute approximate surface area is 160 Å². The molecule has 0 radical (unpaired) electrons. The number of esters is 1. The van der Waals surface area contributed by atoms with Crippen LogP contribution in [0, 0.1) is 0 Å². The van der Waals surface area contributed by atoms with Gasteiger partial charge in [-0.25, -0.2) is 9.59 Å². The lowest BCUT2D eigenvalue weighted by atomic mass is 10.0. The van der Waals surface area contributed by atoms with Crippen LogP contribution in [0.15, 0.2) is 24.3 Å². The third-order valence-electron chi connectivity index (χ3n) is 3.18. The largest absolute Gasteiger partial charge is 0.497 e. The molecule has 0 heterocycles. The molecule has 1 aromatic rings. The minimum absolute atomic E-state index is 0.250. The van der Waals surface area contributed by atoms with Crippen molar-refractivity contribution in [2.75, 3.05) is 7.11 Å². The Balaban J connectivity index is 2.93. The second-order valence-electron chi connectivity index (χ2n) is 8.09. The number of amides is 1. The number of rotatable bonds is 6. The van der Waals surface area contributed by atoms with Gasteiger partial charge in [-0.2, -0.15) is 0 Å². The highest BCUT2D eigenvalue weighted by atomic mass is 16.6. The molecule has 0 unspecified atom stereocenters. The molecule has 1 rings (SSSR count). The standard InChI is InChI=1S/C20H29NO6/c1-19(2,3)26-17(23)15(21-18(24)27-20(4,5)6)12-16(22)13-8-10-14(25-7)11-9-13/h8-11,15H,12H2,1-7H3,(H,21,24)/t15-/m0/s1. The van der Waals surface area contributed by atoms with Crippen LogP contribution >= 0.6 is 0 Å². The van der Waals surface area contributed by atoms with Gasteiger partial charge in [-0.3, -0.25) is 4.79 Å². The molecule has 0 aliphatic heterocycles. The van der Waals surface area contributed by atoms with Crippen molar-refractivity contribution in [3.05, 3.63) is 29.8 Å². The maximum atomic E-state index is 12.6. The van der Waals surface area contributed by atoms with Crippen molar-refractivity contribution in [3.8, 4) is 5.75 Å². The lowest BCUT2D eigenvalue weighted by Crippen LogP contribution is -2.47. The Morgan fingerprint density at radius 3 is 1.89 bits per heavy atom. The van der Waals surface area contributed by atoms with Crippen LogP contribution in [0.4, 0.5) is 4.79 Å². The van der Waals surface area contributed by atoms with Crippen molar-refractivity contribution in [2.45, 2.75) is 65.2 Å². The molecule has 150 valence electrons. The number of ketones is 1. The molecule has 0 aliphatic rings. The average Bonchev–Trinajstić information content (AvgIpc) is 2.50. The summed E-state index contributed by atoms with van der Waals surface area (Å²) < 4.78 is 15.6. The first-order chi connectivity index (χ1) is 12.3. The van der Waals surface area contributed by atoms with Gasteiger partial charge in [-0.1, -0.05) is 0 Å². The van der Waals surface area contributed by atoms with E-state index in [4.69, 9.17) is 14.2 Å². The first kappa shape index (κ1) is 22.5. The van der Waals surface area contributed by atoms with Crippen molar-refractivity contribution in [1.82, 2.24) is 5.32 Å². The molecule has 1 N–H and O–H groups in total. The number of ether oxygens (including phenoxy) is 3. The fourth-order valence-corrected chi connectivity index (χ4v) is 2.10. The smallest absolute Gasteiger partial charge is 0.408 e. The van der Waals surface area contributed by atoms with E-state index < -0.39 is 29.3 Å². The van der Waals surface area contributed by atoms with Crippen molar-refractivity contribution in [3.63, 3.8) is 0 Å². The van der Waals surface area contributed by atoms with E-state index in [2.05, 4.69) is 5.32 Å². The van der Waals surface area contributed by atoms with Crippen LogP contribution in [0.5, 0.6) is 5.75 Å². The quantitative estimate of drug-likeness (QED) is 0.601. The van der Waals surface area contributed by atoms with Gasteiger partial charge in [-0.15, -0.1) is 0 Å². The maximum Gasteiger partial charge on any atom is 0.408 e. The first-order valence-corrected chi connectivity index (χ1v) is 8.70. The molecular weight excluding hydrogens is 350 g/mol. The first-order valence-electron chi connectivity index (χ1n) is 8.70. The lowest BCUT2D eigenvalue weighted by molar-refractivity contribution is -0.157. The van der Waals surface area contributed by atoms with E-state index in [1.54, 1.807) is 65.8 Å². The Morgan fingerprint density at radius 2 is 1.44 bits per heavy atom. The van der Waals surface area contributed by atoms with E-state index in [1.807, 2.05) is 0 Å². The topological polar surface area (TPSA) is 90.9 Å². The van der Waals surface area contributed by atoms with Gasteiger partial charge in [-0.05, 0) is 65.8 Å². The molecule has 0 aliphatic carbocycles. The number of hydrogen-bond acceptors (Lipinski definition) is 6. The average molecular weight is 379 g/mol. The van der Waals surface area contributed by atoms with E-state index in [1.165, 1.54) is 7.11 Å². The summed E-state index contributed by atoms with van der Waals surface area (Å²) >= 11 is 0. The summed E-state index contributed by atoms with van der Waals surface area (Å²) in [5.74, 6) is -0.401. The van der Waals surface area contributed by atoms with Crippen molar-refractivity contribution in [1.29, 1.82) is 0 Å². The third-order valence-corrected chi connectivity index (χ3v) is 3.18. The summed E-state index contributed by atoms with van der Waals surface area (Å²) in [6, 6.07) is 5.34. The Bertz CT molecular complexity index is 667. The van der Waals surface area contributed by atoms with Crippen molar-refractivity contribution < 1.29 is 28.6 Å². The van der Waals surface area contributed by atoms with Gasteiger partial charge >= 0.3 is 12.1 Å². The number of Topliss-reactive ketones (excluding diaryl/α,β-unsaturated/α-hetero) is 1. The second-order valence-corrected chi connectivity index (χ2v) is 8.09. The summed E-state index contributed by atoms with van der Waals surface area (Å²) in [5.41, 5.74) is -1.09. The normalized spacial score (nSPS) is 12.7. The highest BCUT2D eigenvalue weighted by molar-refractivity contribution is 5.99. The molecule has 27 heavy (non-hydrogen) atoms. The summed E-state index contributed by atoms with van der Waals surface area (Å²) in [6.07, 6.45) is -1.04. The number of methoxy groups -OCH3 is 1. The zero-order valence-electron chi connectivity index (χ0n) is 17.0. The molecule has 1 atom stereocenters. The van der Waals surface area contributed by atoms with Gasteiger partial charge in [0.25, 0.3) is 0 Å². The molecule has 0 aromatic heterocycles.